The summed E-state index contributed by atoms with van der Waals surface area (Å²) in [5, 5.41) is 3.26. The van der Waals surface area contributed by atoms with Gasteiger partial charge in [0, 0.05) is 5.56 Å². The molecule has 102 valence electrons. The number of hydrogen-bond acceptors (Lipinski definition) is 2. The Morgan fingerprint density at radius 1 is 1.00 bits per heavy atom. The Balaban J connectivity index is 2.16. The van der Waals surface area contributed by atoms with E-state index in [1.165, 1.54) is 5.56 Å². The number of benzene rings is 1. The largest absolute Gasteiger partial charge is 0.460 e. The zero-order chi connectivity index (χ0) is 13.9. The second-order valence-electron chi connectivity index (χ2n) is 5.87. The Bertz CT molecular complexity index is 517. The van der Waals surface area contributed by atoms with Gasteiger partial charge >= 0.3 is 0 Å². The van der Waals surface area contributed by atoms with Gasteiger partial charge in [-0.15, -0.1) is 0 Å². The summed E-state index contributed by atoms with van der Waals surface area (Å²) in [4.78, 5) is 0. The highest BCUT2D eigenvalue weighted by Gasteiger charge is 2.13. The van der Waals surface area contributed by atoms with Crippen LogP contribution in [0, 0.1) is 0 Å². The Kier molecular flexibility index (Phi) is 4.11. The minimum atomic E-state index is 0.192. The van der Waals surface area contributed by atoms with E-state index in [9.17, 15) is 0 Å². The van der Waals surface area contributed by atoms with Crippen LogP contribution in [-0.4, -0.2) is 6.54 Å². The SMILES string of the molecule is CCNCc1ccc(-c2ccc(C(C)(C)C)cc2)o1. The van der Waals surface area contributed by atoms with Crippen LogP contribution in [0.4, 0.5) is 0 Å². The third kappa shape index (κ3) is 3.48. The molecule has 0 radical (unpaired) electrons. The van der Waals surface area contributed by atoms with Gasteiger partial charge in [-0.1, -0.05) is 52.0 Å². The van der Waals surface area contributed by atoms with Crippen molar-refractivity contribution in [2.75, 3.05) is 6.54 Å². The van der Waals surface area contributed by atoms with Gasteiger partial charge in [0.15, 0.2) is 0 Å². The normalized spacial score (nSPS) is 11.8. The summed E-state index contributed by atoms with van der Waals surface area (Å²) in [7, 11) is 0. The van der Waals surface area contributed by atoms with Gasteiger partial charge in [-0.05, 0) is 29.7 Å². The van der Waals surface area contributed by atoms with E-state index < -0.39 is 0 Å². The van der Waals surface area contributed by atoms with Crippen molar-refractivity contribution in [3.63, 3.8) is 0 Å². The van der Waals surface area contributed by atoms with Gasteiger partial charge in [-0.25, -0.2) is 0 Å². The Morgan fingerprint density at radius 2 is 1.68 bits per heavy atom. The number of furan rings is 1. The van der Waals surface area contributed by atoms with Gasteiger partial charge < -0.3 is 9.73 Å². The predicted octanol–water partition coefficient (Wildman–Crippen LogP) is 4.35. The molecule has 0 amide bonds. The van der Waals surface area contributed by atoms with Crippen LogP contribution in [0.25, 0.3) is 11.3 Å². The van der Waals surface area contributed by atoms with Crippen LogP contribution < -0.4 is 5.32 Å². The average molecular weight is 257 g/mol. The molecule has 0 aliphatic heterocycles. The third-order valence-electron chi connectivity index (χ3n) is 3.25. The van der Waals surface area contributed by atoms with Gasteiger partial charge in [0.25, 0.3) is 0 Å². The Labute approximate surface area is 115 Å². The standard InChI is InChI=1S/C17H23NO/c1-5-18-12-15-10-11-16(19-15)13-6-8-14(9-7-13)17(2,3)4/h6-11,18H,5,12H2,1-4H3. The lowest BCUT2D eigenvalue weighted by Gasteiger charge is -2.18. The second kappa shape index (κ2) is 5.62. The summed E-state index contributed by atoms with van der Waals surface area (Å²) < 4.78 is 5.83. The summed E-state index contributed by atoms with van der Waals surface area (Å²) in [6.45, 7) is 10.5. The maximum atomic E-state index is 5.83. The molecule has 2 nitrogen and oxygen atoms in total. The molecule has 1 aromatic heterocycles. The highest BCUT2D eigenvalue weighted by molar-refractivity contribution is 5.58. The molecule has 19 heavy (non-hydrogen) atoms. The van der Waals surface area contributed by atoms with Crippen molar-refractivity contribution >= 4 is 0 Å². The maximum Gasteiger partial charge on any atom is 0.134 e. The van der Waals surface area contributed by atoms with Gasteiger partial charge in [0.05, 0.1) is 6.54 Å². The van der Waals surface area contributed by atoms with Crippen LogP contribution in [0.3, 0.4) is 0 Å². The first kappa shape index (κ1) is 13.9. The van der Waals surface area contributed by atoms with Crippen LogP contribution in [0.2, 0.25) is 0 Å². The molecule has 1 heterocycles. The van der Waals surface area contributed by atoms with Gasteiger partial charge in [-0.3, -0.25) is 0 Å². The second-order valence-corrected chi connectivity index (χ2v) is 5.87. The van der Waals surface area contributed by atoms with Crippen molar-refractivity contribution in [2.45, 2.75) is 39.7 Å². The fraction of sp³-hybridized carbons (Fsp3) is 0.412. The minimum Gasteiger partial charge on any atom is -0.460 e. The van der Waals surface area contributed by atoms with Crippen molar-refractivity contribution in [3.8, 4) is 11.3 Å². The molecular formula is C17H23NO. The lowest BCUT2D eigenvalue weighted by atomic mass is 9.86. The molecule has 2 aromatic rings. The summed E-state index contributed by atoms with van der Waals surface area (Å²) in [5.41, 5.74) is 2.67. The van der Waals surface area contributed by atoms with Crippen molar-refractivity contribution < 1.29 is 4.42 Å². The van der Waals surface area contributed by atoms with Crippen LogP contribution in [0.5, 0.6) is 0 Å². The van der Waals surface area contributed by atoms with E-state index in [4.69, 9.17) is 4.42 Å². The molecule has 0 spiro atoms. The average Bonchev–Trinajstić information content (AvgIpc) is 2.84. The van der Waals surface area contributed by atoms with E-state index in [0.717, 1.165) is 30.2 Å². The molecule has 0 fully saturated rings. The fourth-order valence-corrected chi connectivity index (χ4v) is 2.01. The number of rotatable bonds is 4. The first-order chi connectivity index (χ1) is 9.00. The molecule has 1 N–H and O–H groups in total. The fourth-order valence-electron chi connectivity index (χ4n) is 2.01. The quantitative estimate of drug-likeness (QED) is 0.880. The molecule has 0 saturated carbocycles. The van der Waals surface area contributed by atoms with Gasteiger partial charge in [-0.2, -0.15) is 0 Å². The van der Waals surface area contributed by atoms with E-state index in [1.54, 1.807) is 0 Å². The summed E-state index contributed by atoms with van der Waals surface area (Å²) >= 11 is 0. The van der Waals surface area contributed by atoms with E-state index in [2.05, 4.69) is 57.3 Å². The molecule has 0 aliphatic carbocycles. The highest BCUT2D eigenvalue weighted by atomic mass is 16.3. The molecule has 0 aliphatic rings. The maximum absolute atomic E-state index is 5.83. The van der Waals surface area contributed by atoms with Crippen molar-refractivity contribution in [2.24, 2.45) is 0 Å². The van der Waals surface area contributed by atoms with Crippen molar-refractivity contribution in [1.82, 2.24) is 5.32 Å². The van der Waals surface area contributed by atoms with Crippen LogP contribution >= 0.6 is 0 Å². The molecule has 2 heteroatoms. The lowest BCUT2D eigenvalue weighted by molar-refractivity contribution is 0.498. The van der Waals surface area contributed by atoms with Gasteiger partial charge in [0.2, 0.25) is 0 Å². The predicted molar refractivity (Wildman–Crippen MR) is 80.2 cm³/mol. The summed E-state index contributed by atoms with van der Waals surface area (Å²) in [6.07, 6.45) is 0. The van der Waals surface area contributed by atoms with Crippen molar-refractivity contribution in [3.05, 3.63) is 47.7 Å². The Hall–Kier alpha value is -1.54. The van der Waals surface area contributed by atoms with E-state index in [0.29, 0.717) is 0 Å². The highest BCUT2D eigenvalue weighted by Crippen LogP contribution is 2.27. The van der Waals surface area contributed by atoms with Crippen LogP contribution in [0.15, 0.2) is 40.8 Å². The monoisotopic (exact) mass is 257 g/mol. The van der Waals surface area contributed by atoms with E-state index in [-0.39, 0.29) is 5.41 Å². The summed E-state index contributed by atoms with van der Waals surface area (Å²) in [5.74, 6) is 1.92. The molecule has 2 rings (SSSR count). The van der Waals surface area contributed by atoms with Crippen LogP contribution in [0.1, 0.15) is 39.0 Å². The zero-order valence-electron chi connectivity index (χ0n) is 12.3. The number of hydrogen-bond donors (Lipinski definition) is 1. The number of nitrogens with one attached hydrogen (secondary N) is 1. The van der Waals surface area contributed by atoms with Crippen LogP contribution in [-0.2, 0) is 12.0 Å². The lowest BCUT2D eigenvalue weighted by Crippen LogP contribution is -2.10. The smallest absolute Gasteiger partial charge is 0.134 e. The molecule has 0 saturated heterocycles. The van der Waals surface area contributed by atoms with Gasteiger partial charge in [0.1, 0.15) is 11.5 Å². The van der Waals surface area contributed by atoms with E-state index >= 15 is 0 Å². The zero-order valence-corrected chi connectivity index (χ0v) is 12.3. The molecular weight excluding hydrogens is 234 g/mol. The van der Waals surface area contributed by atoms with Crippen molar-refractivity contribution in [1.29, 1.82) is 0 Å². The summed E-state index contributed by atoms with van der Waals surface area (Å²) in [6, 6.07) is 12.7. The van der Waals surface area contributed by atoms with E-state index in [1.807, 2.05) is 12.1 Å². The molecule has 1 aromatic carbocycles. The third-order valence-corrected chi connectivity index (χ3v) is 3.25. The molecule has 0 unspecified atom stereocenters. The first-order valence-electron chi connectivity index (χ1n) is 6.91. The minimum absolute atomic E-state index is 0.192. The Morgan fingerprint density at radius 3 is 2.26 bits per heavy atom. The molecule has 0 atom stereocenters. The first-order valence-corrected chi connectivity index (χ1v) is 6.91. The molecule has 0 bridgehead atoms. The topological polar surface area (TPSA) is 25.2 Å².